The number of hydrogen-bond acceptors (Lipinski definition) is 6. The van der Waals surface area contributed by atoms with Crippen LogP contribution in [-0.2, 0) is 9.53 Å². The highest BCUT2D eigenvalue weighted by atomic mass is 33.5. The predicted octanol–water partition coefficient (Wildman–Crippen LogP) is 1.25. The molecule has 0 atom stereocenters. The van der Waals surface area contributed by atoms with E-state index in [-0.39, 0.29) is 12.0 Å². The summed E-state index contributed by atoms with van der Waals surface area (Å²) in [6, 6.07) is 0. The molecule has 0 aromatic carbocycles. The van der Waals surface area contributed by atoms with Gasteiger partial charge >= 0.3 is 6.09 Å². The Balaban J connectivity index is 2.20. The van der Waals surface area contributed by atoms with E-state index in [0.29, 0.717) is 19.7 Å². The first-order chi connectivity index (χ1) is 7.24. The molecule has 0 saturated carbocycles. The van der Waals surface area contributed by atoms with Crippen LogP contribution in [0.25, 0.3) is 0 Å². The normalized spacial score (nSPS) is 15.8. The quantitative estimate of drug-likeness (QED) is 0.339. The molecule has 1 heterocycles. The fourth-order valence-electron chi connectivity index (χ4n) is 0.972. The third-order valence-corrected chi connectivity index (χ3v) is 3.12. The Labute approximate surface area is 100 Å². The summed E-state index contributed by atoms with van der Waals surface area (Å²) in [6.45, 7) is 1.39. The number of amides is 2. The molecule has 84 valence electrons. The van der Waals surface area contributed by atoms with Gasteiger partial charge in [-0.25, -0.2) is 4.79 Å². The zero-order chi connectivity index (χ0) is 11.1. The molecule has 0 bridgehead atoms. The number of nitrogens with one attached hydrogen (secondary N) is 1. The number of carbonyl (C=O) groups is 2. The van der Waals surface area contributed by atoms with E-state index in [1.54, 1.807) is 6.08 Å². The van der Waals surface area contributed by atoms with Gasteiger partial charge in [-0.15, -0.1) is 0 Å². The topological polar surface area (TPSA) is 58.6 Å². The molecule has 5 nitrogen and oxygen atoms in total. The third-order valence-electron chi connectivity index (χ3n) is 1.62. The Morgan fingerprint density at radius 2 is 2.53 bits per heavy atom. The number of thiol groups is 1. The average molecular weight is 266 g/mol. The van der Waals surface area contributed by atoms with Crippen molar-refractivity contribution in [2.45, 2.75) is 0 Å². The Morgan fingerprint density at radius 3 is 3.13 bits per heavy atom. The van der Waals surface area contributed by atoms with Crippen LogP contribution in [0.4, 0.5) is 4.79 Å². The molecule has 2 amide bonds. The molecule has 0 radical (unpaired) electrons. The number of carbonyl (C=O) groups excluding carboxylic acids is 2. The molecule has 1 saturated heterocycles. The maximum Gasteiger partial charge on any atom is 0.410 e. The van der Waals surface area contributed by atoms with Crippen molar-refractivity contribution in [2.75, 3.05) is 19.7 Å². The van der Waals surface area contributed by atoms with Crippen LogP contribution >= 0.6 is 32.5 Å². The van der Waals surface area contributed by atoms with Crippen LogP contribution in [0.15, 0.2) is 12.2 Å². The summed E-state index contributed by atoms with van der Waals surface area (Å²) < 4.78 is 7.23. The summed E-state index contributed by atoms with van der Waals surface area (Å²) in [5.41, 5.74) is 0. The maximum atomic E-state index is 11.1. The molecule has 1 N–H and O–H groups in total. The minimum atomic E-state index is -0.333. The van der Waals surface area contributed by atoms with Crippen molar-refractivity contribution in [3.63, 3.8) is 0 Å². The minimum Gasteiger partial charge on any atom is -0.448 e. The van der Waals surface area contributed by atoms with Gasteiger partial charge in [-0.3, -0.25) is 9.52 Å². The highest BCUT2D eigenvalue weighted by Crippen LogP contribution is 2.20. The molecule has 15 heavy (non-hydrogen) atoms. The molecule has 1 aliphatic rings. The number of ether oxygens (including phenoxy) is 1. The lowest BCUT2D eigenvalue weighted by atomic mass is 10.4. The lowest BCUT2D eigenvalue weighted by Crippen LogP contribution is -2.24. The number of nitrogens with zero attached hydrogens (tertiary/aromatic N) is 1. The second-order valence-electron chi connectivity index (χ2n) is 2.59. The van der Waals surface area contributed by atoms with E-state index in [9.17, 15) is 9.59 Å². The fraction of sp³-hybridized carbons (Fsp3) is 0.429. The minimum absolute atomic E-state index is 0.228. The largest absolute Gasteiger partial charge is 0.448 e. The van der Waals surface area contributed by atoms with Crippen molar-refractivity contribution in [2.24, 2.45) is 0 Å². The zero-order valence-corrected chi connectivity index (χ0v) is 10.2. The SMILES string of the molecule is O=C(/C=C/CN1CCOC1=O)NSSS. The first-order valence-electron chi connectivity index (χ1n) is 4.09. The summed E-state index contributed by atoms with van der Waals surface area (Å²) in [6.07, 6.45) is 2.66. The summed E-state index contributed by atoms with van der Waals surface area (Å²) >= 11 is 3.84. The van der Waals surface area contributed by atoms with Crippen LogP contribution in [0, 0.1) is 0 Å². The standard InChI is InChI=1S/C7H10N2O3S3/c10-6(8-14-15-13)2-1-3-9-4-5-12-7(9)11/h1-2,13H,3-5H2,(H,8,10)/b2-1+. The van der Waals surface area contributed by atoms with E-state index in [1.165, 1.54) is 11.0 Å². The summed E-state index contributed by atoms with van der Waals surface area (Å²) in [7, 11) is 2.27. The van der Waals surface area contributed by atoms with Crippen molar-refractivity contribution in [1.82, 2.24) is 9.62 Å². The molecule has 0 aromatic rings. The van der Waals surface area contributed by atoms with Gasteiger partial charge in [-0.2, -0.15) is 0 Å². The zero-order valence-electron chi connectivity index (χ0n) is 7.71. The van der Waals surface area contributed by atoms with Crippen molar-refractivity contribution >= 4 is 44.5 Å². The maximum absolute atomic E-state index is 11.1. The van der Waals surface area contributed by atoms with Crippen molar-refractivity contribution in [3.8, 4) is 0 Å². The summed E-state index contributed by atoms with van der Waals surface area (Å²) in [5.74, 6) is -0.228. The molecule has 1 fully saturated rings. The van der Waals surface area contributed by atoms with Crippen molar-refractivity contribution in [1.29, 1.82) is 0 Å². The van der Waals surface area contributed by atoms with Crippen LogP contribution in [0.2, 0.25) is 0 Å². The van der Waals surface area contributed by atoms with Gasteiger partial charge in [0.25, 0.3) is 5.91 Å². The second kappa shape index (κ2) is 6.91. The van der Waals surface area contributed by atoms with E-state index in [1.807, 2.05) is 0 Å². The van der Waals surface area contributed by atoms with Gasteiger partial charge in [0, 0.05) is 23.6 Å². The monoisotopic (exact) mass is 266 g/mol. The van der Waals surface area contributed by atoms with Gasteiger partial charge < -0.3 is 9.64 Å². The third kappa shape index (κ3) is 4.72. The van der Waals surface area contributed by atoms with Crippen molar-refractivity contribution in [3.05, 3.63) is 12.2 Å². The van der Waals surface area contributed by atoms with Gasteiger partial charge in [0.15, 0.2) is 0 Å². The van der Waals surface area contributed by atoms with Crippen LogP contribution in [0.5, 0.6) is 0 Å². The molecule has 0 unspecified atom stereocenters. The smallest absolute Gasteiger partial charge is 0.410 e. The van der Waals surface area contributed by atoms with Gasteiger partial charge in [-0.1, -0.05) is 17.7 Å². The van der Waals surface area contributed by atoms with Crippen LogP contribution in [0.3, 0.4) is 0 Å². The molecule has 0 spiro atoms. The lowest BCUT2D eigenvalue weighted by Gasteiger charge is -2.07. The van der Waals surface area contributed by atoms with Crippen LogP contribution < -0.4 is 4.72 Å². The van der Waals surface area contributed by atoms with E-state index in [2.05, 4.69) is 16.4 Å². The fourth-order valence-corrected chi connectivity index (χ4v) is 1.85. The first kappa shape index (κ1) is 12.6. The first-order valence-corrected chi connectivity index (χ1v) is 7.29. The van der Waals surface area contributed by atoms with E-state index in [0.717, 1.165) is 20.8 Å². The predicted molar refractivity (Wildman–Crippen MR) is 64.4 cm³/mol. The van der Waals surface area contributed by atoms with Crippen LogP contribution in [-0.4, -0.2) is 36.6 Å². The molecule has 0 aliphatic carbocycles. The number of cyclic esters (lactones) is 1. The molecular formula is C7H10N2O3S3. The number of rotatable bonds is 5. The van der Waals surface area contributed by atoms with Gasteiger partial charge in [0.2, 0.25) is 0 Å². The van der Waals surface area contributed by atoms with Gasteiger partial charge in [0.05, 0.1) is 6.54 Å². The van der Waals surface area contributed by atoms with E-state index in [4.69, 9.17) is 4.74 Å². The Bertz CT molecular complexity index is 272. The molecule has 1 aliphatic heterocycles. The molecule has 8 heteroatoms. The van der Waals surface area contributed by atoms with Gasteiger partial charge in [0.1, 0.15) is 6.61 Å². The Kier molecular flexibility index (Phi) is 5.81. The van der Waals surface area contributed by atoms with E-state index < -0.39 is 0 Å². The summed E-state index contributed by atoms with van der Waals surface area (Å²) in [4.78, 5) is 23.5. The van der Waals surface area contributed by atoms with Crippen molar-refractivity contribution < 1.29 is 14.3 Å². The molecule has 1 rings (SSSR count). The highest BCUT2D eigenvalue weighted by Gasteiger charge is 2.19. The van der Waals surface area contributed by atoms with Crippen LogP contribution in [0.1, 0.15) is 0 Å². The number of hydrogen-bond donors (Lipinski definition) is 2. The van der Waals surface area contributed by atoms with E-state index >= 15 is 0 Å². The molecule has 0 aromatic heterocycles. The second-order valence-corrected chi connectivity index (χ2v) is 5.40. The van der Waals surface area contributed by atoms with Gasteiger partial charge in [-0.05, 0) is 9.83 Å². The Morgan fingerprint density at radius 1 is 1.73 bits per heavy atom. The summed E-state index contributed by atoms with van der Waals surface area (Å²) in [5, 5.41) is 0. The highest BCUT2D eigenvalue weighted by molar-refractivity contribution is 9.05. The average Bonchev–Trinajstić information content (AvgIpc) is 2.61. The lowest BCUT2D eigenvalue weighted by molar-refractivity contribution is -0.114. The molecular weight excluding hydrogens is 256 g/mol. The Hall–Kier alpha value is -0.470.